The fourth-order valence-corrected chi connectivity index (χ4v) is 3.31. The summed E-state index contributed by atoms with van der Waals surface area (Å²) in [5.41, 5.74) is -0.319. The Hall–Kier alpha value is -0.120. The maximum absolute atomic E-state index is 9.92. The molecule has 0 spiro atoms. The van der Waals surface area contributed by atoms with Crippen LogP contribution in [0.1, 0.15) is 20.3 Å². The SMILES string of the molecule is CC1C2OCC3C1C[C@@H](O)C3(C)O2. The second-order valence-electron chi connectivity index (χ2n) is 4.88. The van der Waals surface area contributed by atoms with Crippen molar-refractivity contribution < 1.29 is 14.6 Å². The molecular formula is C10H16O3. The monoisotopic (exact) mass is 184 g/mol. The van der Waals surface area contributed by atoms with Crippen molar-refractivity contribution in [2.75, 3.05) is 6.61 Å². The van der Waals surface area contributed by atoms with Gasteiger partial charge >= 0.3 is 0 Å². The number of rotatable bonds is 0. The molecule has 6 atom stereocenters. The highest BCUT2D eigenvalue weighted by atomic mass is 16.7. The van der Waals surface area contributed by atoms with Crippen LogP contribution in [0, 0.1) is 17.8 Å². The summed E-state index contributed by atoms with van der Waals surface area (Å²) in [7, 11) is 0. The smallest absolute Gasteiger partial charge is 0.161 e. The Morgan fingerprint density at radius 2 is 2.23 bits per heavy atom. The van der Waals surface area contributed by atoms with Gasteiger partial charge in [-0.25, -0.2) is 0 Å². The summed E-state index contributed by atoms with van der Waals surface area (Å²) < 4.78 is 11.4. The van der Waals surface area contributed by atoms with Gasteiger partial charge in [0.05, 0.1) is 18.3 Å². The quantitative estimate of drug-likeness (QED) is 0.604. The average molecular weight is 184 g/mol. The van der Waals surface area contributed by atoms with Crippen LogP contribution in [-0.2, 0) is 9.47 Å². The zero-order valence-electron chi connectivity index (χ0n) is 8.06. The van der Waals surface area contributed by atoms with Gasteiger partial charge in [-0.2, -0.15) is 0 Å². The van der Waals surface area contributed by atoms with E-state index in [2.05, 4.69) is 6.92 Å². The Kier molecular flexibility index (Phi) is 1.43. The first-order valence-electron chi connectivity index (χ1n) is 5.10. The fourth-order valence-electron chi connectivity index (χ4n) is 3.31. The zero-order valence-corrected chi connectivity index (χ0v) is 8.06. The van der Waals surface area contributed by atoms with Crippen molar-refractivity contribution in [1.82, 2.24) is 0 Å². The molecule has 4 fully saturated rings. The first-order valence-corrected chi connectivity index (χ1v) is 5.10. The molecule has 13 heavy (non-hydrogen) atoms. The number of aliphatic hydroxyl groups is 1. The molecule has 74 valence electrons. The van der Waals surface area contributed by atoms with Gasteiger partial charge in [-0.15, -0.1) is 0 Å². The molecule has 0 amide bonds. The van der Waals surface area contributed by atoms with Crippen molar-refractivity contribution in [2.45, 2.75) is 38.3 Å². The summed E-state index contributed by atoms with van der Waals surface area (Å²) in [6.07, 6.45) is 0.526. The van der Waals surface area contributed by atoms with Gasteiger partial charge in [0, 0.05) is 11.8 Å². The number of aliphatic hydroxyl groups excluding tert-OH is 1. The predicted octanol–water partition coefficient (Wildman–Crippen LogP) is 0.765. The minimum atomic E-state index is -0.319. The molecule has 3 aliphatic heterocycles. The van der Waals surface area contributed by atoms with Crippen LogP contribution in [0.25, 0.3) is 0 Å². The van der Waals surface area contributed by atoms with Crippen LogP contribution in [0.2, 0.25) is 0 Å². The van der Waals surface area contributed by atoms with Crippen molar-refractivity contribution in [2.24, 2.45) is 17.8 Å². The minimum absolute atomic E-state index is 0.0721. The topological polar surface area (TPSA) is 38.7 Å². The lowest BCUT2D eigenvalue weighted by Crippen LogP contribution is -2.59. The van der Waals surface area contributed by atoms with E-state index in [9.17, 15) is 5.11 Å². The third kappa shape index (κ3) is 0.808. The highest BCUT2D eigenvalue weighted by Crippen LogP contribution is 2.55. The van der Waals surface area contributed by atoms with Crippen LogP contribution in [-0.4, -0.2) is 29.7 Å². The molecule has 1 aliphatic carbocycles. The minimum Gasteiger partial charge on any atom is -0.390 e. The first-order chi connectivity index (χ1) is 6.13. The summed E-state index contributed by atoms with van der Waals surface area (Å²) in [5, 5.41) is 9.92. The maximum Gasteiger partial charge on any atom is 0.161 e. The van der Waals surface area contributed by atoms with Crippen LogP contribution in [0.3, 0.4) is 0 Å². The van der Waals surface area contributed by atoms with E-state index >= 15 is 0 Å². The van der Waals surface area contributed by atoms with Crippen LogP contribution >= 0.6 is 0 Å². The molecule has 0 aromatic heterocycles. The molecule has 1 N–H and O–H groups in total. The molecule has 3 heterocycles. The Morgan fingerprint density at radius 1 is 1.46 bits per heavy atom. The Bertz CT molecular complexity index is 242. The van der Waals surface area contributed by atoms with Crippen LogP contribution in [0.5, 0.6) is 0 Å². The van der Waals surface area contributed by atoms with Crippen molar-refractivity contribution in [3.05, 3.63) is 0 Å². The van der Waals surface area contributed by atoms with Gasteiger partial charge in [0.1, 0.15) is 0 Å². The highest BCUT2D eigenvalue weighted by molar-refractivity contribution is 5.08. The second kappa shape index (κ2) is 2.27. The molecule has 1 saturated carbocycles. The molecule has 4 aliphatic rings. The standard InChI is InChI=1S/C10H16O3/c1-5-6-3-8(11)10(2)7(6)4-12-9(5)13-10/h5-9,11H,3-4H2,1-2H3/t5?,6?,7?,8-,9?,10?/m1/s1. The third-order valence-electron chi connectivity index (χ3n) is 4.32. The molecule has 3 heteroatoms. The first kappa shape index (κ1) is 8.21. The summed E-state index contributed by atoms with van der Waals surface area (Å²) in [6.45, 7) is 4.97. The summed E-state index contributed by atoms with van der Waals surface area (Å²) in [5.74, 6) is 1.46. The maximum atomic E-state index is 9.92. The largest absolute Gasteiger partial charge is 0.390 e. The molecule has 4 bridgehead atoms. The van der Waals surface area contributed by atoms with Crippen LogP contribution < -0.4 is 0 Å². The third-order valence-corrected chi connectivity index (χ3v) is 4.32. The Labute approximate surface area is 78.0 Å². The molecule has 0 aromatic carbocycles. The second-order valence-corrected chi connectivity index (χ2v) is 4.88. The van der Waals surface area contributed by atoms with Crippen LogP contribution in [0.15, 0.2) is 0 Å². The van der Waals surface area contributed by atoms with E-state index in [0.717, 1.165) is 13.0 Å². The molecule has 0 radical (unpaired) electrons. The van der Waals surface area contributed by atoms with Crippen molar-refractivity contribution in [3.63, 3.8) is 0 Å². The normalized spacial score (nSPS) is 64.4. The number of ether oxygens (including phenoxy) is 2. The van der Waals surface area contributed by atoms with E-state index in [4.69, 9.17) is 9.47 Å². The Morgan fingerprint density at radius 3 is 2.92 bits per heavy atom. The number of hydrogen-bond donors (Lipinski definition) is 1. The summed E-state index contributed by atoms with van der Waals surface area (Å²) in [4.78, 5) is 0. The lowest BCUT2D eigenvalue weighted by atomic mass is 9.76. The molecular weight excluding hydrogens is 168 g/mol. The van der Waals surface area contributed by atoms with Crippen molar-refractivity contribution >= 4 is 0 Å². The van der Waals surface area contributed by atoms with E-state index in [1.807, 2.05) is 6.92 Å². The zero-order chi connectivity index (χ0) is 9.22. The van der Waals surface area contributed by atoms with Gasteiger partial charge in [-0.1, -0.05) is 6.92 Å². The van der Waals surface area contributed by atoms with E-state index in [-0.39, 0.29) is 18.0 Å². The van der Waals surface area contributed by atoms with Gasteiger partial charge in [-0.3, -0.25) is 0 Å². The molecule has 3 saturated heterocycles. The van der Waals surface area contributed by atoms with E-state index in [1.54, 1.807) is 0 Å². The molecule has 0 aromatic rings. The fraction of sp³-hybridized carbons (Fsp3) is 1.00. The Balaban J connectivity index is 2.02. The predicted molar refractivity (Wildman–Crippen MR) is 46.0 cm³/mol. The van der Waals surface area contributed by atoms with Gasteiger partial charge in [0.25, 0.3) is 0 Å². The summed E-state index contributed by atoms with van der Waals surface area (Å²) in [6, 6.07) is 0. The highest BCUT2D eigenvalue weighted by Gasteiger charge is 2.63. The molecule has 4 rings (SSSR count). The average Bonchev–Trinajstić information content (AvgIpc) is 2.32. The lowest BCUT2D eigenvalue weighted by Gasteiger charge is -2.51. The van der Waals surface area contributed by atoms with Crippen molar-refractivity contribution in [1.29, 1.82) is 0 Å². The van der Waals surface area contributed by atoms with E-state index in [0.29, 0.717) is 17.8 Å². The van der Waals surface area contributed by atoms with Gasteiger partial charge in [0.2, 0.25) is 0 Å². The van der Waals surface area contributed by atoms with E-state index < -0.39 is 0 Å². The summed E-state index contributed by atoms with van der Waals surface area (Å²) >= 11 is 0. The number of fused-ring (bicyclic) bond motifs is 1. The molecule has 5 unspecified atom stereocenters. The molecule has 3 nitrogen and oxygen atoms in total. The van der Waals surface area contributed by atoms with Gasteiger partial charge in [-0.05, 0) is 19.3 Å². The van der Waals surface area contributed by atoms with E-state index in [1.165, 1.54) is 0 Å². The number of hydrogen-bond acceptors (Lipinski definition) is 3. The van der Waals surface area contributed by atoms with Crippen LogP contribution in [0.4, 0.5) is 0 Å². The van der Waals surface area contributed by atoms with Crippen molar-refractivity contribution in [3.8, 4) is 0 Å². The van der Waals surface area contributed by atoms with Gasteiger partial charge in [0.15, 0.2) is 6.29 Å². The van der Waals surface area contributed by atoms with Gasteiger partial charge < -0.3 is 14.6 Å². The lowest BCUT2D eigenvalue weighted by molar-refractivity contribution is -0.337.